The van der Waals surface area contributed by atoms with Crippen molar-refractivity contribution in [2.45, 2.75) is 329 Å². The van der Waals surface area contributed by atoms with E-state index in [-0.39, 0.29) is 70.4 Å². The number of carbonyl (C=O) groups excluding carboxylic acids is 3. The fraction of sp³-hybridized carbons (Fsp3) is 0.944. The summed E-state index contributed by atoms with van der Waals surface area (Å²) in [5.41, 5.74) is 0. The maximum atomic E-state index is 10.2. The number of unbranched alkanes of at least 4 members (excludes halogenated alkanes) is 42. The number of carboxylic acid groups (broad SMARTS) is 3. The summed E-state index contributed by atoms with van der Waals surface area (Å²) >= 11 is 0. The van der Waals surface area contributed by atoms with Crippen LogP contribution in [0.4, 0.5) is 0 Å². The zero-order valence-corrected chi connectivity index (χ0v) is 45.7. The van der Waals surface area contributed by atoms with Gasteiger partial charge in [-0.25, -0.2) is 0 Å². The van der Waals surface area contributed by atoms with Gasteiger partial charge in [0.25, 0.3) is 0 Å². The van der Waals surface area contributed by atoms with Crippen LogP contribution in [0, 0.1) is 0 Å². The zero-order chi connectivity index (χ0) is 44.7. The maximum absolute atomic E-state index is 10.2. The summed E-state index contributed by atoms with van der Waals surface area (Å²) in [6.07, 6.45) is 59.6. The van der Waals surface area contributed by atoms with Gasteiger partial charge in [0.1, 0.15) is 0 Å². The third-order valence-corrected chi connectivity index (χ3v) is 12.0. The first kappa shape index (κ1) is 81.3. The quantitative estimate of drug-likeness (QED) is 0.0419. The van der Waals surface area contributed by atoms with Crippen molar-refractivity contribution in [3.05, 3.63) is 0 Å². The molecular formula is C54H108Al2O9. The van der Waals surface area contributed by atoms with Gasteiger partial charge in [-0.1, -0.05) is 290 Å². The molecule has 0 saturated heterocycles. The average molecular weight is 955 g/mol. The van der Waals surface area contributed by atoms with Crippen LogP contribution in [-0.4, -0.2) is 69.1 Å². The third kappa shape index (κ3) is 94.1. The van der Waals surface area contributed by atoms with Gasteiger partial charge >= 0.3 is 34.7 Å². The van der Waals surface area contributed by atoms with Crippen LogP contribution >= 0.6 is 0 Å². The predicted molar refractivity (Wildman–Crippen MR) is 271 cm³/mol. The van der Waals surface area contributed by atoms with Gasteiger partial charge in [0.05, 0.1) is 0 Å². The minimum atomic E-state index is -0.903. The molecule has 0 aliphatic carbocycles. The molecule has 11 heteroatoms. The van der Waals surface area contributed by atoms with Crippen molar-refractivity contribution >= 4 is 52.6 Å². The molecule has 0 fully saturated rings. The molecule has 0 aliphatic rings. The van der Waals surface area contributed by atoms with E-state index in [9.17, 15) is 29.7 Å². The molecule has 384 valence electrons. The molecule has 0 heterocycles. The first-order chi connectivity index (χ1) is 29.3. The molecule has 0 aromatic heterocycles. The molecule has 0 radical (unpaired) electrons. The molecule has 65 heavy (non-hydrogen) atoms. The van der Waals surface area contributed by atoms with Crippen LogP contribution in [0.3, 0.4) is 0 Å². The van der Waals surface area contributed by atoms with Gasteiger partial charge in [-0.3, -0.25) is 0 Å². The molecule has 9 nitrogen and oxygen atoms in total. The van der Waals surface area contributed by atoms with Crippen LogP contribution in [0.1, 0.15) is 329 Å². The van der Waals surface area contributed by atoms with E-state index in [2.05, 4.69) is 20.8 Å². The molecule has 0 aromatic rings. The number of aliphatic carboxylic acids is 3. The summed E-state index contributed by atoms with van der Waals surface area (Å²) in [7, 11) is 0. The number of hydrogen-bond donors (Lipinski definition) is 0. The van der Waals surface area contributed by atoms with Crippen LogP contribution < -0.4 is 15.3 Å². The fourth-order valence-corrected chi connectivity index (χ4v) is 7.92. The van der Waals surface area contributed by atoms with Gasteiger partial charge in [0.15, 0.2) is 0 Å². The second-order valence-electron chi connectivity index (χ2n) is 18.2. The maximum Gasteiger partial charge on any atom is 3.00 e. The van der Waals surface area contributed by atoms with Crippen molar-refractivity contribution in [1.82, 2.24) is 0 Å². The summed E-state index contributed by atoms with van der Waals surface area (Å²) in [4.78, 5) is 30.7. The second kappa shape index (κ2) is 77.6. The predicted octanol–water partition coefficient (Wildman–Crippen LogP) is 13.7. The SMILES string of the molecule is CCCCCCCCCCCCCCCCCC(=O)[O-].CCCCCCCCCCCCCCCCCC(=O)[O-].CCCCCCCCCCCCCCCCCC(=O)[O-].[Al+3].[Al+3].[OH-].[OH-].[OH-]. The Balaban J connectivity index is -0.000000120. The number of hydrogen-bond acceptors (Lipinski definition) is 9. The van der Waals surface area contributed by atoms with Crippen LogP contribution in [-0.2, 0) is 14.4 Å². The molecule has 0 unspecified atom stereocenters. The van der Waals surface area contributed by atoms with Gasteiger partial charge in [-0.15, -0.1) is 0 Å². The molecule has 0 aromatic carbocycles. The normalized spacial score (nSPS) is 10.0. The van der Waals surface area contributed by atoms with Crippen molar-refractivity contribution < 1.29 is 46.1 Å². The van der Waals surface area contributed by atoms with Crippen molar-refractivity contribution in [1.29, 1.82) is 0 Å². The van der Waals surface area contributed by atoms with E-state index in [1.165, 1.54) is 250 Å². The van der Waals surface area contributed by atoms with Crippen LogP contribution in [0.25, 0.3) is 0 Å². The Morgan fingerprint density at radius 1 is 0.215 bits per heavy atom. The van der Waals surface area contributed by atoms with Crippen LogP contribution in [0.5, 0.6) is 0 Å². The molecule has 0 aliphatic heterocycles. The first-order valence-corrected chi connectivity index (χ1v) is 26.9. The molecular weight excluding hydrogens is 847 g/mol. The molecule has 3 N–H and O–H groups in total. The van der Waals surface area contributed by atoms with Gasteiger partial charge in [-0.05, 0) is 38.5 Å². The average Bonchev–Trinajstić information content (AvgIpc) is 3.22. The Morgan fingerprint density at radius 2 is 0.308 bits per heavy atom. The minimum absolute atomic E-state index is 0. The van der Waals surface area contributed by atoms with E-state index in [1.54, 1.807) is 0 Å². The monoisotopic (exact) mass is 955 g/mol. The number of carboxylic acids is 3. The van der Waals surface area contributed by atoms with Crippen molar-refractivity contribution in [3.63, 3.8) is 0 Å². The summed E-state index contributed by atoms with van der Waals surface area (Å²) in [5.74, 6) is -2.71. The van der Waals surface area contributed by atoms with E-state index < -0.39 is 17.9 Å². The second-order valence-corrected chi connectivity index (χ2v) is 18.2. The standard InChI is InChI=1S/3C18H36O2.2Al.3H2O/c3*1-2-3-4-5-6-7-8-9-10-11-12-13-14-15-16-17-18(19)20;;;;;/h3*2-17H2,1H3,(H,19,20);;;3*1H2/q;;;2*+3;;;/p-6. The smallest absolute Gasteiger partial charge is 0.870 e. The van der Waals surface area contributed by atoms with Crippen molar-refractivity contribution in [2.24, 2.45) is 0 Å². The van der Waals surface area contributed by atoms with Crippen molar-refractivity contribution in [3.8, 4) is 0 Å². The van der Waals surface area contributed by atoms with Gasteiger partial charge in [-0.2, -0.15) is 0 Å². The Kier molecular flexibility index (Phi) is 97.1. The number of rotatable bonds is 48. The Hall–Kier alpha value is -0.645. The topological polar surface area (TPSA) is 210 Å². The zero-order valence-electron chi connectivity index (χ0n) is 43.4. The summed E-state index contributed by atoms with van der Waals surface area (Å²) in [5, 5.41) is 30.7. The largest absolute Gasteiger partial charge is 3.00 e. The summed E-state index contributed by atoms with van der Waals surface area (Å²) < 4.78 is 0. The Morgan fingerprint density at radius 3 is 0.400 bits per heavy atom. The molecule has 0 bridgehead atoms. The van der Waals surface area contributed by atoms with E-state index >= 15 is 0 Å². The Bertz CT molecular complexity index is 731. The van der Waals surface area contributed by atoms with E-state index in [0.717, 1.165) is 38.5 Å². The van der Waals surface area contributed by atoms with E-state index in [4.69, 9.17) is 0 Å². The molecule has 0 spiro atoms. The van der Waals surface area contributed by atoms with Crippen LogP contribution in [0.15, 0.2) is 0 Å². The summed E-state index contributed by atoms with van der Waals surface area (Å²) in [6.45, 7) is 6.80. The minimum Gasteiger partial charge on any atom is -0.870 e. The molecule has 0 amide bonds. The van der Waals surface area contributed by atoms with Crippen LogP contribution in [0.2, 0.25) is 0 Å². The summed E-state index contributed by atoms with van der Waals surface area (Å²) in [6, 6.07) is 0. The van der Waals surface area contributed by atoms with Gasteiger partial charge < -0.3 is 46.1 Å². The van der Waals surface area contributed by atoms with E-state index in [1.807, 2.05) is 0 Å². The molecule has 0 saturated carbocycles. The molecule has 0 atom stereocenters. The van der Waals surface area contributed by atoms with E-state index in [0.29, 0.717) is 0 Å². The third-order valence-electron chi connectivity index (χ3n) is 12.0. The Labute approximate surface area is 425 Å². The fourth-order valence-electron chi connectivity index (χ4n) is 7.92. The molecule has 0 rings (SSSR count). The van der Waals surface area contributed by atoms with Crippen molar-refractivity contribution in [2.75, 3.05) is 0 Å². The van der Waals surface area contributed by atoms with Gasteiger partial charge in [0, 0.05) is 17.9 Å². The first-order valence-electron chi connectivity index (χ1n) is 26.9. The number of carbonyl (C=O) groups is 3. The van der Waals surface area contributed by atoms with Gasteiger partial charge in [0.2, 0.25) is 0 Å².